The van der Waals surface area contributed by atoms with Crippen LogP contribution in [0.25, 0.3) is 0 Å². The summed E-state index contributed by atoms with van der Waals surface area (Å²) in [4.78, 5) is 15.8. The molecule has 0 aliphatic rings. The van der Waals surface area contributed by atoms with Crippen molar-refractivity contribution in [3.05, 3.63) is 30.1 Å². The van der Waals surface area contributed by atoms with Crippen LogP contribution < -0.4 is 15.8 Å². The smallest absolute Gasteiger partial charge is 0.341 e. The van der Waals surface area contributed by atoms with Gasteiger partial charge in [0, 0.05) is 25.3 Å². The van der Waals surface area contributed by atoms with E-state index in [1.54, 1.807) is 25.2 Å². The fraction of sp³-hybridized carbons (Fsp3) is 0.250. The van der Waals surface area contributed by atoms with Gasteiger partial charge < -0.3 is 15.8 Å². The van der Waals surface area contributed by atoms with E-state index in [-0.39, 0.29) is 11.9 Å². The summed E-state index contributed by atoms with van der Waals surface area (Å²) in [6.07, 6.45) is 1.51. The van der Waals surface area contributed by atoms with E-state index in [9.17, 15) is 4.79 Å². The summed E-state index contributed by atoms with van der Waals surface area (Å²) < 4.78 is 7.00. The molecule has 0 bridgehead atoms. The predicted octanol–water partition coefficient (Wildman–Crippen LogP) is 0.939. The average Bonchev–Trinajstić information content (AvgIpc) is 2.75. The van der Waals surface area contributed by atoms with E-state index in [1.807, 2.05) is 6.92 Å². The Kier molecular flexibility index (Phi) is 3.65. The van der Waals surface area contributed by atoms with Crippen LogP contribution in [0.3, 0.4) is 0 Å². The Morgan fingerprint density at radius 3 is 2.95 bits per heavy atom. The van der Waals surface area contributed by atoms with Crippen LogP contribution in [0.4, 0.5) is 5.69 Å². The minimum atomic E-state index is -0.228. The Bertz CT molecular complexity index is 594. The van der Waals surface area contributed by atoms with Crippen molar-refractivity contribution in [2.75, 3.05) is 12.3 Å². The standard InChI is InChI=1S/C12H15N5O2/c1-3-14-11(18)9-5-4-8(13)6-10(9)19-12-15-7-17(2)16-12/h4-7H,3,13H2,1-2H3,(H,14,18). The predicted molar refractivity (Wildman–Crippen MR) is 69.9 cm³/mol. The van der Waals surface area contributed by atoms with Crippen molar-refractivity contribution in [2.24, 2.45) is 7.05 Å². The maximum absolute atomic E-state index is 11.9. The van der Waals surface area contributed by atoms with Gasteiger partial charge in [0.15, 0.2) is 0 Å². The van der Waals surface area contributed by atoms with Gasteiger partial charge in [0.2, 0.25) is 0 Å². The van der Waals surface area contributed by atoms with Crippen molar-refractivity contribution >= 4 is 11.6 Å². The SMILES string of the molecule is CCNC(=O)c1ccc(N)cc1Oc1ncn(C)n1. The zero-order valence-electron chi connectivity index (χ0n) is 10.8. The molecule has 1 aromatic carbocycles. The lowest BCUT2D eigenvalue weighted by molar-refractivity contribution is 0.0953. The molecule has 0 aliphatic heterocycles. The highest BCUT2D eigenvalue weighted by atomic mass is 16.5. The molecule has 0 saturated carbocycles. The van der Waals surface area contributed by atoms with Gasteiger partial charge >= 0.3 is 6.01 Å². The van der Waals surface area contributed by atoms with E-state index in [4.69, 9.17) is 10.5 Å². The summed E-state index contributed by atoms with van der Waals surface area (Å²) >= 11 is 0. The molecule has 7 heteroatoms. The molecule has 0 radical (unpaired) electrons. The number of hydrogen-bond donors (Lipinski definition) is 2. The van der Waals surface area contributed by atoms with Crippen molar-refractivity contribution in [2.45, 2.75) is 6.92 Å². The Balaban J connectivity index is 2.31. The van der Waals surface area contributed by atoms with Crippen LogP contribution in [-0.4, -0.2) is 27.2 Å². The molecule has 0 atom stereocenters. The number of nitrogens with two attached hydrogens (primary N) is 1. The minimum absolute atomic E-state index is 0.165. The van der Waals surface area contributed by atoms with Crippen molar-refractivity contribution in [3.63, 3.8) is 0 Å². The highest BCUT2D eigenvalue weighted by Gasteiger charge is 2.14. The molecule has 100 valence electrons. The van der Waals surface area contributed by atoms with Crippen molar-refractivity contribution < 1.29 is 9.53 Å². The number of rotatable bonds is 4. The van der Waals surface area contributed by atoms with E-state index >= 15 is 0 Å². The van der Waals surface area contributed by atoms with Crippen LogP contribution in [0.15, 0.2) is 24.5 Å². The van der Waals surface area contributed by atoms with Crippen LogP contribution in [0.2, 0.25) is 0 Å². The largest absolute Gasteiger partial charge is 0.422 e. The summed E-state index contributed by atoms with van der Waals surface area (Å²) in [5.74, 6) is 0.102. The maximum Gasteiger partial charge on any atom is 0.341 e. The molecule has 0 fully saturated rings. The zero-order valence-corrected chi connectivity index (χ0v) is 10.8. The summed E-state index contributed by atoms with van der Waals surface area (Å²) in [6, 6.07) is 4.99. The normalized spacial score (nSPS) is 10.2. The second kappa shape index (κ2) is 5.38. The number of nitrogens with zero attached hydrogens (tertiary/aromatic N) is 3. The summed E-state index contributed by atoms with van der Waals surface area (Å²) in [5.41, 5.74) is 6.59. The van der Waals surface area contributed by atoms with Gasteiger partial charge in [0.1, 0.15) is 12.1 Å². The maximum atomic E-state index is 11.9. The Morgan fingerprint density at radius 1 is 1.53 bits per heavy atom. The molecule has 1 aromatic heterocycles. The number of aryl methyl sites for hydroxylation is 1. The van der Waals surface area contributed by atoms with Crippen LogP contribution in [-0.2, 0) is 7.05 Å². The fourth-order valence-corrected chi connectivity index (χ4v) is 1.53. The Hall–Kier alpha value is -2.57. The lowest BCUT2D eigenvalue weighted by Gasteiger charge is -2.09. The van der Waals surface area contributed by atoms with Gasteiger partial charge in [-0.25, -0.2) is 0 Å². The number of hydrogen-bond acceptors (Lipinski definition) is 5. The minimum Gasteiger partial charge on any atom is -0.422 e. The van der Waals surface area contributed by atoms with Gasteiger partial charge in [0.25, 0.3) is 5.91 Å². The second-order valence-electron chi connectivity index (χ2n) is 3.92. The molecule has 0 spiro atoms. The highest BCUT2D eigenvalue weighted by Crippen LogP contribution is 2.25. The van der Waals surface area contributed by atoms with Crippen LogP contribution in [0.1, 0.15) is 17.3 Å². The molecule has 1 amide bonds. The lowest BCUT2D eigenvalue weighted by Crippen LogP contribution is -2.23. The second-order valence-corrected chi connectivity index (χ2v) is 3.92. The summed E-state index contributed by atoms with van der Waals surface area (Å²) in [6.45, 7) is 2.38. The number of nitrogens with one attached hydrogen (secondary N) is 1. The van der Waals surface area contributed by atoms with Gasteiger partial charge in [-0.05, 0) is 19.1 Å². The van der Waals surface area contributed by atoms with Crippen molar-refractivity contribution in [1.29, 1.82) is 0 Å². The topological polar surface area (TPSA) is 95.1 Å². The molecule has 1 heterocycles. The van der Waals surface area contributed by atoms with Crippen molar-refractivity contribution in [3.8, 4) is 11.8 Å². The van der Waals surface area contributed by atoms with Gasteiger partial charge in [-0.15, -0.1) is 5.10 Å². The molecule has 0 aliphatic carbocycles. The third-order valence-corrected chi connectivity index (χ3v) is 2.37. The zero-order chi connectivity index (χ0) is 13.8. The summed E-state index contributed by atoms with van der Waals surface area (Å²) in [5, 5.41) is 6.70. The Labute approximate surface area is 110 Å². The number of aromatic nitrogens is 3. The third-order valence-electron chi connectivity index (χ3n) is 2.37. The molecular formula is C12H15N5O2. The number of nitrogen functional groups attached to an aromatic ring is 1. The molecule has 3 N–H and O–H groups in total. The monoisotopic (exact) mass is 261 g/mol. The molecule has 0 unspecified atom stereocenters. The number of amides is 1. The van der Waals surface area contributed by atoms with Gasteiger partial charge in [-0.2, -0.15) is 4.98 Å². The van der Waals surface area contributed by atoms with E-state index in [0.29, 0.717) is 23.5 Å². The number of carbonyl (C=O) groups excluding carboxylic acids is 1. The van der Waals surface area contributed by atoms with Crippen LogP contribution >= 0.6 is 0 Å². The van der Waals surface area contributed by atoms with Gasteiger partial charge in [-0.3, -0.25) is 9.48 Å². The first kappa shape index (κ1) is 12.9. The molecule has 7 nitrogen and oxygen atoms in total. The first-order chi connectivity index (χ1) is 9.10. The first-order valence-electron chi connectivity index (χ1n) is 5.81. The van der Waals surface area contributed by atoms with Gasteiger partial charge in [0.05, 0.1) is 5.56 Å². The molecule has 0 saturated heterocycles. The fourth-order valence-electron chi connectivity index (χ4n) is 1.53. The quantitative estimate of drug-likeness (QED) is 0.798. The number of carbonyl (C=O) groups is 1. The molecule has 19 heavy (non-hydrogen) atoms. The molecule has 2 rings (SSSR count). The third kappa shape index (κ3) is 3.01. The lowest BCUT2D eigenvalue weighted by atomic mass is 10.1. The number of ether oxygens (including phenoxy) is 1. The number of benzene rings is 1. The highest BCUT2D eigenvalue weighted by molar-refractivity contribution is 5.97. The van der Waals surface area contributed by atoms with E-state index in [0.717, 1.165) is 0 Å². The van der Waals surface area contributed by atoms with Gasteiger partial charge in [-0.1, -0.05) is 0 Å². The average molecular weight is 261 g/mol. The van der Waals surface area contributed by atoms with Crippen molar-refractivity contribution in [1.82, 2.24) is 20.1 Å². The van der Waals surface area contributed by atoms with Crippen LogP contribution in [0, 0.1) is 0 Å². The molecule has 2 aromatic rings. The number of anilines is 1. The van der Waals surface area contributed by atoms with Crippen LogP contribution in [0.5, 0.6) is 11.8 Å². The molecular weight excluding hydrogens is 246 g/mol. The van der Waals surface area contributed by atoms with E-state index < -0.39 is 0 Å². The first-order valence-corrected chi connectivity index (χ1v) is 5.81. The summed E-state index contributed by atoms with van der Waals surface area (Å²) in [7, 11) is 1.73. The van der Waals surface area contributed by atoms with E-state index in [2.05, 4.69) is 15.4 Å². The Morgan fingerprint density at radius 2 is 2.32 bits per heavy atom. The van der Waals surface area contributed by atoms with E-state index in [1.165, 1.54) is 11.0 Å².